The first-order chi connectivity index (χ1) is 11.4. The van der Waals surface area contributed by atoms with Crippen LogP contribution in [-0.2, 0) is 27.0 Å². The van der Waals surface area contributed by atoms with E-state index in [1.54, 1.807) is 13.8 Å². The molecule has 0 fully saturated rings. The monoisotopic (exact) mass is 376 g/mol. The summed E-state index contributed by atoms with van der Waals surface area (Å²) >= 11 is 0. The van der Waals surface area contributed by atoms with Gasteiger partial charge >= 0.3 is 13.8 Å². The first kappa shape index (κ1) is 21.5. The smallest absolute Gasteiger partial charge is 0.469 e. The van der Waals surface area contributed by atoms with Gasteiger partial charge in [-0.2, -0.15) is 0 Å². The average Bonchev–Trinajstić information content (AvgIpc) is 2.45. The molecule has 0 aliphatic heterocycles. The van der Waals surface area contributed by atoms with Crippen molar-refractivity contribution in [3.05, 3.63) is 23.0 Å². The standard InChI is InChI=1S/C15H25N2O7P/c1-9(2)5-15(4,14(19)20)17-7-12-11(8-24-25(21,22)23)6-16-10(3)13(12)18/h6,9,17-18H,5,7-8H2,1-4H3,(H,19,20)(H2,21,22,23)/t15-/m0/s1. The Balaban J connectivity index is 3.08. The van der Waals surface area contributed by atoms with Crippen LogP contribution >= 0.6 is 7.82 Å². The number of nitrogens with zero attached hydrogens (tertiary/aromatic N) is 1. The Bertz CT molecular complexity index is 674. The number of rotatable bonds is 9. The lowest BCUT2D eigenvalue weighted by Gasteiger charge is -2.29. The number of aromatic nitrogens is 1. The molecule has 25 heavy (non-hydrogen) atoms. The summed E-state index contributed by atoms with van der Waals surface area (Å²) in [5.41, 5.74) is -0.356. The van der Waals surface area contributed by atoms with Crippen LogP contribution in [0.2, 0.25) is 0 Å². The molecule has 0 aliphatic rings. The molecule has 0 unspecified atom stereocenters. The molecule has 0 amide bonds. The van der Waals surface area contributed by atoms with Gasteiger partial charge in [0.05, 0.1) is 12.3 Å². The second-order valence-corrected chi connectivity index (χ2v) is 7.79. The number of carboxylic acids is 1. The highest BCUT2D eigenvalue weighted by molar-refractivity contribution is 7.46. The number of nitrogens with one attached hydrogen (secondary N) is 1. The Morgan fingerprint density at radius 1 is 1.44 bits per heavy atom. The number of phosphoric acid groups is 1. The molecule has 0 aliphatic carbocycles. The minimum atomic E-state index is -4.69. The number of carboxylic acid groups (broad SMARTS) is 1. The summed E-state index contributed by atoms with van der Waals surface area (Å²) in [5, 5.41) is 22.6. The number of carbonyl (C=O) groups is 1. The maximum absolute atomic E-state index is 11.6. The van der Waals surface area contributed by atoms with Gasteiger partial charge in [-0.25, -0.2) is 4.57 Å². The Labute approximate surface area is 146 Å². The fraction of sp³-hybridized carbons (Fsp3) is 0.600. The van der Waals surface area contributed by atoms with Gasteiger partial charge in [-0.1, -0.05) is 13.8 Å². The molecule has 0 aromatic carbocycles. The van der Waals surface area contributed by atoms with E-state index < -0.39 is 25.9 Å². The van der Waals surface area contributed by atoms with Crippen molar-refractivity contribution in [2.24, 2.45) is 5.92 Å². The SMILES string of the molecule is Cc1ncc(COP(=O)(O)O)c(CN[C@@](C)(CC(C)C)C(=O)O)c1O. The molecule has 9 nitrogen and oxygen atoms in total. The summed E-state index contributed by atoms with van der Waals surface area (Å²) in [4.78, 5) is 33.2. The molecule has 0 saturated heterocycles. The summed E-state index contributed by atoms with van der Waals surface area (Å²) in [5.74, 6) is -1.07. The quantitative estimate of drug-likeness (QED) is 0.406. The zero-order valence-corrected chi connectivity index (χ0v) is 15.6. The topological polar surface area (TPSA) is 149 Å². The lowest BCUT2D eigenvalue weighted by Crippen LogP contribution is -2.50. The van der Waals surface area contributed by atoms with E-state index >= 15 is 0 Å². The number of hydrogen-bond acceptors (Lipinski definition) is 6. The number of phosphoric ester groups is 1. The van der Waals surface area contributed by atoms with Crippen LogP contribution in [0.5, 0.6) is 5.75 Å². The lowest BCUT2D eigenvalue weighted by molar-refractivity contribution is -0.145. The first-order valence-electron chi connectivity index (χ1n) is 7.70. The predicted molar refractivity (Wildman–Crippen MR) is 89.8 cm³/mol. The van der Waals surface area contributed by atoms with E-state index in [1.807, 2.05) is 13.8 Å². The van der Waals surface area contributed by atoms with E-state index in [0.29, 0.717) is 12.1 Å². The van der Waals surface area contributed by atoms with Crippen molar-refractivity contribution in [2.75, 3.05) is 0 Å². The van der Waals surface area contributed by atoms with Crippen molar-refractivity contribution in [3.63, 3.8) is 0 Å². The Morgan fingerprint density at radius 3 is 2.52 bits per heavy atom. The number of aryl methyl sites for hydroxylation is 1. The van der Waals surface area contributed by atoms with Crippen LogP contribution in [0.15, 0.2) is 6.20 Å². The molecular formula is C15H25N2O7P. The maximum atomic E-state index is 11.6. The number of aliphatic carboxylic acids is 1. The molecule has 142 valence electrons. The Hall–Kier alpha value is -1.51. The van der Waals surface area contributed by atoms with Crippen molar-refractivity contribution in [1.82, 2.24) is 10.3 Å². The third-order valence-corrected chi connectivity index (χ3v) is 4.23. The van der Waals surface area contributed by atoms with Crippen molar-refractivity contribution in [3.8, 4) is 5.75 Å². The van der Waals surface area contributed by atoms with Crippen LogP contribution in [0.3, 0.4) is 0 Å². The zero-order chi connectivity index (χ0) is 19.4. The maximum Gasteiger partial charge on any atom is 0.469 e. The summed E-state index contributed by atoms with van der Waals surface area (Å²) in [6, 6.07) is 0. The van der Waals surface area contributed by atoms with Gasteiger partial charge in [0.15, 0.2) is 0 Å². The van der Waals surface area contributed by atoms with Gasteiger partial charge in [0.2, 0.25) is 0 Å². The van der Waals surface area contributed by atoms with Gasteiger partial charge in [0.25, 0.3) is 0 Å². The van der Waals surface area contributed by atoms with E-state index in [1.165, 1.54) is 6.20 Å². The Kier molecular flexibility index (Phi) is 7.10. The van der Waals surface area contributed by atoms with Gasteiger partial charge in [-0.05, 0) is 26.2 Å². The fourth-order valence-corrected chi connectivity index (χ4v) is 2.80. The largest absolute Gasteiger partial charge is 0.506 e. The molecule has 1 aromatic heterocycles. The second-order valence-electron chi connectivity index (χ2n) is 6.55. The van der Waals surface area contributed by atoms with Gasteiger partial charge in [0, 0.05) is 23.9 Å². The highest BCUT2D eigenvalue weighted by atomic mass is 31.2. The average molecular weight is 376 g/mol. The van der Waals surface area contributed by atoms with Gasteiger partial charge in [-0.15, -0.1) is 0 Å². The lowest BCUT2D eigenvalue weighted by atomic mass is 9.90. The predicted octanol–water partition coefficient (Wildman–Crippen LogP) is 1.68. The molecule has 1 rings (SSSR count). The van der Waals surface area contributed by atoms with E-state index in [9.17, 15) is 19.6 Å². The van der Waals surface area contributed by atoms with Gasteiger partial charge in [-0.3, -0.25) is 19.6 Å². The molecule has 0 saturated carbocycles. The van der Waals surface area contributed by atoms with Crippen molar-refractivity contribution >= 4 is 13.8 Å². The molecular weight excluding hydrogens is 351 g/mol. The third-order valence-electron chi connectivity index (χ3n) is 3.76. The van der Waals surface area contributed by atoms with Crippen LogP contribution in [0.25, 0.3) is 0 Å². The van der Waals surface area contributed by atoms with Crippen molar-refractivity contribution in [2.45, 2.75) is 52.8 Å². The third kappa shape index (κ3) is 6.37. The second kappa shape index (κ2) is 8.25. The van der Waals surface area contributed by atoms with E-state index in [2.05, 4.69) is 14.8 Å². The molecule has 10 heteroatoms. The fourth-order valence-electron chi connectivity index (χ4n) is 2.49. The molecule has 0 radical (unpaired) electrons. The van der Waals surface area contributed by atoms with Gasteiger partial charge < -0.3 is 20.0 Å². The zero-order valence-electron chi connectivity index (χ0n) is 14.7. The van der Waals surface area contributed by atoms with Crippen molar-refractivity contribution < 1.29 is 33.9 Å². The van der Waals surface area contributed by atoms with Crippen LogP contribution < -0.4 is 5.32 Å². The minimum absolute atomic E-state index is 0.0232. The number of aromatic hydroxyl groups is 1. The first-order valence-corrected chi connectivity index (χ1v) is 9.23. The molecule has 5 N–H and O–H groups in total. The molecule has 0 bridgehead atoms. The highest BCUT2D eigenvalue weighted by Gasteiger charge is 2.33. The van der Waals surface area contributed by atoms with E-state index in [0.717, 1.165) is 0 Å². The number of hydrogen-bond donors (Lipinski definition) is 5. The van der Waals surface area contributed by atoms with E-state index in [4.69, 9.17) is 9.79 Å². The van der Waals surface area contributed by atoms with Crippen LogP contribution in [0, 0.1) is 12.8 Å². The number of pyridine rings is 1. The molecule has 0 spiro atoms. The van der Waals surface area contributed by atoms with Crippen LogP contribution in [0.4, 0.5) is 0 Å². The van der Waals surface area contributed by atoms with Crippen molar-refractivity contribution in [1.29, 1.82) is 0 Å². The molecule has 1 aromatic rings. The summed E-state index contributed by atoms with van der Waals surface area (Å²) in [6.45, 7) is 6.43. The summed E-state index contributed by atoms with van der Waals surface area (Å²) < 4.78 is 15.4. The van der Waals surface area contributed by atoms with E-state index in [-0.39, 0.29) is 29.3 Å². The summed E-state index contributed by atoms with van der Waals surface area (Å²) in [7, 11) is -4.69. The Morgan fingerprint density at radius 2 is 2.04 bits per heavy atom. The normalized spacial score (nSPS) is 14.5. The van der Waals surface area contributed by atoms with Gasteiger partial charge in [0.1, 0.15) is 11.3 Å². The van der Waals surface area contributed by atoms with Crippen LogP contribution in [-0.4, -0.2) is 36.5 Å². The summed E-state index contributed by atoms with van der Waals surface area (Å²) in [6.07, 6.45) is 1.70. The highest BCUT2D eigenvalue weighted by Crippen LogP contribution is 2.38. The molecule has 1 atom stereocenters. The van der Waals surface area contributed by atoms with Crippen LogP contribution in [0.1, 0.15) is 44.0 Å². The molecule has 1 heterocycles. The minimum Gasteiger partial charge on any atom is -0.506 e.